The topological polar surface area (TPSA) is 3.24 Å². The van der Waals surface area contributed by atoms with Gasteiger partial charge in [-0.25, -0.2) is 0 Å². The third-order valence-electron chi connectivity index (χ3n) is 3.91. The molecule has 0 aromatic heterocycles. The van der Waals surface area contributed by atoms with Crippen molar-refractivity contribution < 1.29 is 0 Å². The van der Waals surface area contributed by atoms with Gasteiger partial charge in [0, 0.05) is 21.4 Å². The molecule has 0 radical (unpaired) electrons. The summed E-state index contributed by atoms with van der Waals surface area (Å²) in [7, 11) is 0. The third kappa shape index (κ3) is 3.00. The van der Waals surface area contributed by atoms with E-state index in [0.717, 1.165) is 16.3 Å². The molecule has 0 saturated carbocycles. The molecule has 4 rings (SSSR count). The number of fused-ring (bicyclic) bond motifs is 2. The van der Waals surface area contributed by atoms with E-state index in [2.05, 4.69) is 35.2 Å². The van der Waals surface area contributed by atoms with Crippen molar-refractivity contribution in [2.45, 2.75) is 16.3 Å². The molecule has 0 N–H and O–H groups in total. The molecule has 3 aromatic rings. The Hall–Kier alpha value is -1.32. The summed E-state index contributed by atoms with van der Waals surface area (Å²) in [5.41, 5.74) is 3.37. The summed E-state index contributed by atoms with van der Waals surface area (Å²) in [6.45, 7) is 0.696. The molecule has 0 fully saturated rings. The van der Waals surface area contributed by atoms with Gasteiger partial charge in [-0.1, -0.05) is 64.8 Å². The smallest absolute Gasteiger partial charge is 0.0595 e. The van der Waals surface area contributed by atoms with E-state index >= 15 is 0 Å². The normalized spacial score (nSPS) is 12.7. The first kappa shape index (κ1) is 16.2. The summed E-state index contributed by atoms with van der Waals surface area (Å²) >= 11 is 20.2. The second-order valence-corrected chi connectivity index (χ2v) is 7.85. The van der Waals surface area contributed by atoms with Crippen molar-refractivity contribution in [3.05, 3.63) is 81.3 Å². The van der Waals surface area contributed by atoms with Crippen molar-refractivity contribution in [2.24, 2.45) is 0 Å². The monoisotopic (exact) mass is 391 g/mol. The summed E-state index contributed by atoms with van der Waals surface area (Å²) in [5.74, 6) is 0. The van der Waals surface area contributed by atoms with E-state index in [-0.39, 0.29) is 0 Å². The molecule has 0 unspecified atom stereocenters. The molecule has 0 amide bonds. The van der Waals surface area contributed by atoms with Gasteiger partial charge in [0.2, 0.25) is 0 Å². The van der Waals surface area contributed by atoms with E-state index in [1.807, 2.05) is 30.3 Å². The third-order valence-corrected chi connectivity index (χ3v) is 6.02. The quantitative estimate of drug-likeness (QED) is 0.445. The Labute approximate surface area is 160 Å². The van der Waals surface area contributed by atoms with Crippen molar-refractivity contribution in [2.75, 3.05) is 4.90 Å². The molecule has 0 atom stereocenters. The number of halogens is 3. The van der Waals surface area contributed by atoms with E-state index in [1.165, 1.54) is 15.5 Å². The summed E-state index contributed by atoms with van der Waals surface area (Å²) in [5, 5.41) is 1.87. The fraction of sp³-hybridized carbons (Fsp3) is 0.0526. The van der Waals surface area contributed by atoms with E-state index in [1.54, 1.807) is 11.8 Å². The first-order valence-electron chi connectivity index (χ1n) is 7.40. The number of hydrogen-bond acceptors (Lipinski definition) is 2. The SMILES string of the molecule is Clc1ccc2c(c1)N(Cc1ccc(Cl)c(Cl)c1)c1ccccc1S2. The largest absolute Gasteiger partial charge is 0.335 e. The van der Waals surface area contributed by atoms with E-state index in [9.17, 15) is 0 Å². The van der Waals surface area contributed by atoms with Crippen LogP contribution in [-0.2, 0) is 6.54 Å². The Morgan fingerprint density at radius 3 is 2.38 bits per heavy atom. The lowest BCUT2D eigenvalue weighted by molar-refractivity contribution is 0.938. The van der Waals surface area contributed by atoms with Crippen LogP contribution in [0.1, 0.15) is 5.56 Å². The van der Waals surface area contributed by atoms with Crippen molar-refractivity contribution in [1.82, 2.24) is 0 Å². The maximum atomic E-state index is 6.24. The summed E-state index contributed by atoms with van der Waals surface area (Å²) in [6.07, 6.45) is 0. The Morgan fingerprint density at radius 2 is 1.54 bits per heavy atom. The van der Waals surface area contributed by atoms with Crippen LogP contribution >= 0.6 is 46.6 Å². The van der Waals surface area contributed by atoms with Crippen LogP contribution in [0, 0.1) is 0 Å². The van der Waals surface area contributed by atoms with Crippen molar-refractivity contribution in [1.29, 1.82) is 0 Å². The van der Waals surface area contributed by atoms with Crippen LogP contribution in [0.15, 0.2) is 70.5 Å². The number of nitrogens with zero attached hydrogens (tertiary/aromatic N) is 1. The number of hydrogen-bond donors (Lipinski definition) is 0. The number of benzene rings is 3. The highest BCUT2D eigenvalue weighted by atomic mass is 35.5. The number of anilines is 2. The fourth-order valence-corrected chi connectivity index (χ4v) is 4.36. The van der Waals surface area contributed by atoms with Gasteiger partial charge >= 0.3 is 0 Å². The molecule has 1 aliphatic rings. The van der Waals surface area contributed by atoms with Crippen LogP contribution in [0.25, 0.3) is 0 Å². The van der Waals surface area contributed by atoms with Crippen LogP contribution in [0.5, 0.6) is 0 Å². The van der Waals surface area contributed by atoms with E-state index in [0.29, 0.717) is 16.6 Å². The zero-order valence-corrected chi connectivity index (χ0v) is 15.6. The molecular formula is C19H12Cl3NS. The highest BCUT2D eigenvalue weighted by Gasteiger charge is 2.23. The van der Waals surface area contributed by atoms with Gasteiger partial charge in [0.15, 0.2) is 0 Å². The van der Waals surface area contributed by atoms with Gasteiger partial charge in [-0.05, 0) is 48.0 Å². The fourth-order valence-electron chi connectivity index (χ4n) is 2.79. The van der Waals surface area contributed by atoms with Gasteiger partial charge in [0.25, 0.3) is 0 Å². The lowest BCUT2D eigenvalue weighted by Gasteiger charge is -2.33. The summed E-state index contributed by atoms with van der Waals surface area (Å²) in [6, 6.07) is 20.1. The molecule has 120 valence electrons. The van der Waals surface area contributed by atoms with Gasteiger partial charge in [-0.15, -0.1) is 0 Å². The van der Waals surface area contributed by atoms with Gasteiger partial charge in [-0.2, -0.15) is 0 Å². The summed E-state index contributed by atoms with van der Waals surface area (Å²) < 4.78 is 0. The highest BCUT2D eigenvalue weighted by molar-refractivity contribution is 7.99. The molecule has 1 nitrogen and oxygen atoms in total. The van der Waals surface area contributed by atoms with Crippen molar-refractivity contribution in [3.8, 4) is 0 Å². The van der Waals surface area contributed by atoms with Crippen LogP contribution < -0.4 is 4.90 Å². The minimum atomic E-state index is 0.568. The van der Waals surface area contributed by atoms with Crippen LogP contribution in [0.3, 0.4) is 0 Å². The molecule has 0 aliphatic carbocycles. The lowest BCUT2D eigenvalue weighted by atomic mass is 10.1. The first-order chi connectivity index (χ1) is 11.6. The average Bonchev–Trinajstić information content (AvgIpc) is 2.58. The van der Waals surface area contributed by atoms with Gasteiger partial charge < -0.3 is 4.90 Å². The van der Waals surface area contributed by atoms with Crippen molar-refractivity contribution in [3.63, 3.8) is 0 Å². The maximum Gasteiger partial charge on any atom is 0.0595 e. The Balaban J connectivity index is 1.81. The Bertz CT molecular complexity index is 926. The molecule has 0 spiro atoms. The molecule has 0 saturated heterocycles. The Kier molecular flexibility index (Phi) is 4.40. The van der Waals surface area contributed by atoms with Gasteiger partial charge in [-0.3, -0.25) is 0 Å². The molecule has 5 heteroatoms. The summed E-state index contributed by atoms with van der Waals surface area (Å²) in [4.78, 5) is 4.69. The predicted octanol–water partition coefficient (Wildman–Crippen LogP) is 7.45. The predicted molar refractivity (Wildman–Crippen MR) is 104 cm³/mol. The first-order valence-corrected chi connectivity index (χ1v) is 9.35. The van der Waals surface area contributed by atoms with Crippen LogP contribution in [0.4, 0.5) is 11.4 Å². The lowest BCUT2D eigenvalue weighted by Crippen LogP contribution is -2.20. The molecule has 24 heavy (non-hydrogen) atoms. The van der Waals surface area contributed by atoms with Gasteiger partial charge in [0.05, 0.1) is 21.4 Å². The highest BCUT2D eigenvalue weighted by Crippen LogP contribution is 2.49. The zero-order valence-electron chi connectivity index (χ0n) is 12.5. The van der Waals surface area contributed by atoms with Crippen molar-refractivity contribution >= 4 is 57.9 Å². The molecule has 0 bridgehead atoms. The Morgan fingerprint density at radius 1 is 0.750 bits per heavy atom. The minimum absolute atomic E-state index is 0.568. The molecule has 3 aromatic carbocycles. The molecular weight excluding hydrogens is 381 g/mol. The minimum Gasteiger partial charge on any atom is -0.335 e. The molecule has 1 heterocycles. The standard InChI is InChI=1S/C19H12Cl3NS/c20-13-6-8-19-17(10-13)23(16-3-1-2-4-18(16)24-19)11-12-5-7-14(21)15(22)9-12/h1-10H,11H2. The molecule has 1 aliphatic heterocycles. The van der Waals surface area contributed by atoms with Crippen LogP contribution in [0.2, 0.25) is 15.1 Å². The number of para-hydroxylation sites is 1. The average molecular weight is 393 g/mol. The van der Waals surface area contributed by atoms with Gasteiger partial charge in [0.1, 0.15) is 0 Å². The zero-order chi connectivity index (χ0) is 16.7. The van der Waals surface area contributed by atoms with Crippen LogP contribution in [-0.4, -0.2) is 0 Å². The number of rotatable bonds is 2. The van der Waals surface area contributed by atoms with E-state index in [4.69, 9.17) is 34.8 Å². The second kappa shape index (κ2) is 6.53. The van der Waals surface area contributed by atoms with E-state index < -0.39 is 0 Å². The maximum absolute atomic E-state index is 6.24. The second-order valence-electron chi connectivity index (χ2n) is 5.52.